The van der Waals surface area contributed by atoms with E-state index in [1.54, 1.807) is 51.1 Å². The number of nitrogens with zero attached hydrogens (tertiary/aromatic N) is 1. The fourth-order valence-electron chi connectivity index (χ4n) is 4.59. The molecule has 1 saturated heterocycles. The second-order valence-corrected chi connectivity index (χ2v) is 14.4. The van der Waals surface area contributed by atoms with Crippen LogP contribution in [0, 0.1) is 5.41 Å². The van der Waals surface area contributed by atoms with E-state index in [-0.39, 0.29) is 22.9 Å². The first kappa shape index (κ1) is 34.5. The molecule has 1 heterocycles. The van der Waals surface area contributed by atoms with Gasteiger partial charge in [-0.25, -0.2) is 13.2 Å². The molecule has 0 spiro atoms. The number of ether oxygens (including phenoxy) is 1. The summed E-state index contributed by atoms with van der Waals surface area (Å²) in [5, 5.41) is 5.78. The van der Waals surface area contributed by atoms with E-state index >= 15 is 0 Å². The lowest BCUT2D eigenvalue weighted by atomic mass is 9.84. The average molecular weight is 631 g/mol. The quantitative estimate of drug-likeness (QED) is 0.261. The summed E-state index contributed by atoms with van der Waals surface area (Å²) in [4.78, 5) is 58.8. The van der Waals surface area contributed by atoms with E-state index in [1.807, 2.05) is 30.6 Å². The number of rotatable bonds is 10. The lowest BCUT2D eigenvalue weighted by molar-refractivity contribution is -0.148. The van der Waals surface area contributed by atoms with Crippen molar-refractivity contribution >= 4 is 40.0 Å². The fourth-order valence-corrected chi connectivity index (χ4v) is 5.40. The molecule has 2 aromatic rings. The van der Waals surface area contributed by atoms with Gasteiger partial charge in [0.2, 0.25) is 0 Å². The Hall–Kier alpha value is -3.97. The van der Waals surface area contributed by atoms with Crippen LogP contribution in [0.2, 0.25) is 0 Å². The average Bonchev–Trinajstić information content (AvgIpc) is 2.95. The molecule has 0 radical (unpaired) electrons. The Balaban J connectivity index is 1.70. The zero-order valence-corrected chi connectivity index (χ0v) is 26.8. The maximum Gasteiger partial charge on any atom is 0.407 e. The number of carbonyl (C=O) groups is 4. The number of piperidine rings is 1. The molecule has 1 fully saturated rings. The summed E-state index contributed by atoms with van der Waals surface area (Å²) >= 11 is 0. The van der Waals surface area contributed by atoms with Gasteiger partial charge < -0.3 is 25.1 Å². The number of benzene rings is 2. The van der Waals surface area contributed by atoms with Gasteiger partial charge in [0.05, 0.1) is 16.9 Å². The molecule has 1 atom stereocenters. The minimum atomic E-state index is -4.09. The van der Waals surface area contributed by atoms with Crippen molar-refractivity contribution in [2.75, 3.05) is 18.0 Å². The van der Waals surface area contributed by atoms with Gasteiger partial charge in [0.1, 0.15) is 11.9 Å². The normalized spacial score (nSPS) is 15.2. The summed E-state index contributed by atoms with van der Waals surface area (Å²) in [6, 6.07) is 11.4. The predicted octanol–water partition coefficient (Wildman–Crippen LogP) is 3.96. The number of alkyl carbamates (subject to hydrolysis) is 1. The van der Waals surface area contributed by atoms with Crippen LogP contribution in [0.25, 0.3) is 0 Å². The summed E-state index contributed by atoms with van der Waals surface area (Å²) in [6.07, 6.45) is 1.08. The Morgan fingerprint density at radius 3 is 2.20 bits per heavy atom. The third-order valence-electron chi connectivity index (χ3n) is 7.00. The lowest BCUT2D eigenvalue weighted by Crippen LogP contribution is -2.47. The van der Waals surface area contributed by atoms with Crippen molar-refractivity contribution in [1.29, 1.82) is 0 Å². The Bertz CT molecular complexity index is 1440. The molecule has 240 valence electrons. The topological polar surface area (TPSA) is 160 Å². The fraction of sp³-hybridized carbons (Fsp3) is 0.484. The van der Waals surface area contributed by atoms with Crippen LogP contribution in [-0.4, -0.2) is 63.4 Å². The number of hydrogen-bond acceptors (Lipinski definition) is 9. The number of sulfonamides is 1. The number of anilines is 1. The van der Waals surface area contributed by atoms with E-state index in [2.05, 4.69) is 10.6 Å². The van der Waals surface area contributed by atoms with Gasteiger partial charge in [0, 0.05) is 36.4 Å². The number of nitrogens with one attached hydrogen (secondary N) is 3. The highest BCUT2D eigenvalue weighted by Crippen LogP contribution is 2.28. The summed E-state index contributed by atoms with van der Waals surface area (Å²) in [5.74, 6) is -1.39. The van der Waals surface area contributed by atoms with E-state index in [4.69, 9.17) is 9.57 Å². The number of amides is 2. The van der Waals surface area contributed by atoms with Gasteiger partial charge in [0.15, 0.2) is 0 Å². The Morgan fingerprint density at radius 2 is 1.64 bits per heavy atom. The van der Waals surface area contributed by atoms with Crippen LogP contribution in [0.5, 0.6) is 0 Å². The molecule has 2 aromatic carbocycles. The molecule has 12 nitrogen and oxygen atoms in total. The molecule has 44 heavy (non-hydrogen) atoms. The van der Waals surface area contributed by atoms with Crippen LogP contribution in [0.4, 0.5) is 10.5 Å². The number of carbonyl (C=O) groups excluding carboxylic acids is 4. The van der Waals surface area contributed by atoms with E-state index in [0.717, 1.165) is 0 Å². The van der Waals surface area contributed by atoms with Crippen molar-refractivity contribution < 1.29 is 37.2 Å². The molecule has 13 heteroatoms. The van der Waals surface area contributed by atoms with Crippen molar-refractivity contribution in [3.05, 3.63) is 59.7 Å². The SMILES string of the molecule is CC(C)(C)OC(=O)NC1CCN(c2ccc(C=O)cc2C(=O)NC(CC(=O)ONS(=O)(=O)c2ccccc2)C(C)(C)C)CC1. The van der Waals surface area contributed by atoms with E-state index in [9.17, 15) is 27.6 Å². The lowest BCUT2D eigenvalue weighted by Gasteiger charge is -2.36. The van der Waals surface area contributed by atoms with Gasteiger partial charge in [-0.05, 0) is 74.2 Å². The van der Waals surface area contributed by atoms with Crippen molar-refractivity contribution in [1.82, 2.24) is 15.5 Å². The van der Waals surface area contributed by atoms with Gasteiger partial charge in [-0.15, -0.1) is 0 Å². The molecular weight excluding hydrogens is 588 g/mol. The third-order valence-corrected chi connectivity index (χ3v) is 8.19. The first-order valence-electron chi connectivity index (χ1n) is 14.4. The molecule has 0 aromatic heterocycles. The molecule has 2 amide bonds. The highest BCUT2D eigenvalue weighted by molar-refractivity contribution is 7.89. The summed E-state index contributed by atoms with van der Waals surface area (Å²) in [5.41, 5.74) is -0.0652. The molecule has 0 aliphatic carbocycles. The number of hydrogen-bond donors (Lipinski definition) is 3. The summed E-state index contributed by atoms with van der Waals surface area (Å²) in [7, 11) is -4.09. The van der Waals surface area contributed by atoms with E-state index < -0.39 is 45.1 Å². The molecule has 3 N–H and O–H groups in total. The predicted molar refractivity (Wildman–Crippen MR) is 165 cm³/mol. The van der Waals surface area contributed by atoms with Gasteiger partial charge >= 0.3 is 12.1 Å². The monoisotopic (exact) mass is 630 g/mol. The second kappa shape index (κ2) is 14.2. The van der Waals surface area contributed by atoms with Crippen LogP contribution in [-0.2, 0) is 24.4 Å². The van der Waals surface area contributed by atoms with Gasteiger partial charge in [-0.1, -0.05) is 39.0 Å². The smallest absolute Gasteiger partial charge is 0.407 e. The Labute approximate surface area is 258 Å². The van der Waals surface area contributed by atoms with Crippen molar-refractivity contribution in [2.45, 2.75) is 83.4 Å². The minimum absolute atomic E-state index is 0.0688. The molecule has 1 unspecified atom stereocenters. The van der Waals surface area contributed by atoms with Crippen LogP contribution in [0.1, 0.15) is 81.5 Å². The van der Waals surface area contributed by atoms with Crippen LogP contribution >= 0.6 is 0 Å². The molecule has 0 bridgehead atoms. The standard InChI is InChI=1S/C31H42N4O8S/c1-30(2,3)26(19-27(37)43-34-44(40,41)23-10-8-7-9-11-23)33-28(38)24-18-21(20-36)12-13-25(24)35-16-14-22(15-17-35)32-29(39)42-31(4,5)6/h7-13,18,20,22,26,34H,14-17,19H2,1-6H3,(H,32,39)(H,33,38). The zero-order chi connectivity index (χ0) is 32.7. The third kappa shape index (κ3) is 10.1. The van der Waals surface area contributed by atoms with Crippen molar-refractivity contribution in [2.24, 2.45) is 5.41 Å². The van der Waals surface area contributed by atoms with E-state index in [1.165, 1.54) is 18.2 Å². The first-order chi connectivity index (χ1) is 20.5. The maximum absolute atomic E-state index is 13.7. The summed E-state index contributed by atoms with van der Waals surface area (Å²) in [6.45, 7) is 11.9. The molecule has 3 rings (SSSR count). The Morgan fingerprint density at radius 1 is 1.00 bits per heavy atom. The molecular formula is C31H42N4O8S. The largest absolute Gasteiger partial charge is 0.444 e. The highest BCUT2D eigenvalue weighted by atomic mass is 32.2. The summed E-state index contributed by atoms with van der Waals surface area (Å²) < 4.78 is 30.2. The van der Waals surface area contributed by atoms with Crippen LogP contribution in [0.15, 0.2) is 53.4 Å². The van der Waals surface area contributed by atoms with Crippen LogP contribution in [0.3, 0.4) is 0 Å². The highest BCUT2D eigenvalue weighted by Gasteiger charge is 2.32. The molecule has 1 aliphatic heterocycles. The first-order valence-corrected chi connectivity index (χ1v) is 15.9. The van der Waals surface area contributed by atoms with Gasteiger partial charge in [0.25, 0.3) is 15.9 Å². The molecule has 0 saturated carbocycles. The van der Waals surface area contributed by atoms with Gasteiger partial charge in [-0.2, -0.15) is 0 Å². The van der Waals surface area contributed by atoms with Crippen molar-refractivity contribution in [3.8, 4) is 0 Å². The second-order valence-electron chi connectivity index (χ2n) is 12.8. The minimum Gasteiger partial charge on any atom is -0.444 e. The van der Waals surface area contributed by atoms with Crippen LogP contribution < -0.4 is 20.4 Å². The van der Waals surface area contributed by atoms with Gasteiger partial charge in [-0.3, -0.25) is 14.4 Å². The molecule has 1 aliphatic rings. The maximum atomic E-state index is 13.7. The van der Waals surface area contributed by atoms with E-state index in [0.29, 0.717) is 43.5 Å². The Kier molecular flexibility index (Phi) is 11.1. The van der Waals surface area contributed by atoms with Crippen molar-refractivity contribution in [3.63, 3.8) is 0 Å². The zero-order valence-electron chi connectivity index (χ0n) is 26.0. The number of aldehydes is 1.